The zero-order valence-corrected chi connectivity index (χ0v) is 10.5. The van der Waals surface area contributed by atoms with Gasteiger partial charge in [0.05, 0.1) is 6.04 Å². The number of thiophene rings is 1. The number of aryl methyl sites for hydroxylation is 1. The van der Waals surface area contributed by atoms with Crippen LogP contribution in [0.25, 0.3) is 0 Å². The summed E-state index contributed by atoms with van der Waals surface area (Å²) in [6.07, 6.45) is -3.40. The fourth-order valence-electron chi connectivity index (χ4n) is 1.59. The van der Waals surface area contributed by atoms with E-state index in [-0.39, 0.29) is 12.5 Å². The number of nitrogens with two attached hydrogens (primary N) is 1. The summed E-state index contributed by atoms with van der Waals surface area (Å²) in [6.45, 7) is 2.05. The third kappa shape index (κ3) is 5.06. The van der Waals surface area contributed by atoms with Crippen molar-refractivity contribution in [1.29, 1.82) is 0 Å². The number of alkyl halides is 3. The fourth-order valence-corrected chi connectivity index (χ4v) is 2.63. The van der Waals surface area contributed by atoms with Crippen LogP contribution in [0.2, 0.25) is 0 Å². The molecule has 1 aromatic heterocycles. The Hall–Kier alpha value is -0.590. The highest BCUT2D eigenvalue weighted by Crippen LogP contribution is 2.29. The molecule has 6 heteroatoms. The molecule has 0 aliphatic rings. The second-order valence-corrected chi connectivity index (χ2v) is 5.08. The Morgan fingerprint density at radius 1 is 1.41 bits per heavy atom. The molecule has 3 N–H and O–H groups in total. The molecule has 0 aliphatic heterocycles. The molecule has 0 saturated heterocycles. The number of nitrogens with one attached hydrogen (secondary N) is 1. The van der Waals surface area contributed by atoms with Crippen LogP contribution in [0, 0.1) is 0 Å². The van der Waals surface area contributed by atoms with Crippen LogP contribution < -0.4 is 11.3 Å². The molecule has 1 unspecified atom stereocenters. The summed E-state index contributed by atoms with van der Waals surface area (Å²) >= 11 is 1.60. The Kier molecular flexibility index (Phi) is 5.42. The van der Waals surface area contributed by atoms with E-state index in [1.54, 1.807) is 11.3 Å². The molecule has 0 bridgehead atoms. The van der Waals surface area contributed by atoms with E-state index in [0.29, 0.717) is 6.42 Å². The summed E-state index contributed by atoms with van der Waals surface area (Å²) in [5.41, 5.74) is 2.59. The van der Waals surface area contributed by atoms with E-state index in [2.05, 4.69) is 5.43 Å². The van der Waals surface area contributed by atoms with Crippen molar-refractivity contribution in [1.82, 2.24) is 5.43 Å². The zero-order chi connectivity index (χ0) is 12.9. The van der Waals surface area contributed by atoms with Crippen LogP contribution in [0.5, 0.6) is 0 Å². The van der Waals surface area contributed by atoms with Gasteiger partial charge in [0.1, 0.15) is 0 Å². The second-order valence-electron chi connectivity index (χ2n) is 3.88. The number of hydrazine groups is 1. The summed E-state index contributed by atoms with van der Waals surface area (Å²) in [5.74, 6) is 5.38. The Morgan fingerprint density at radius 3 is 2.59 bits per heavy atom. The van der Waals surface area contributed by atoms with Crippen LogP contribution in [-0.4, -0.2) is 6.18 Å². The molecule has 1 rings (SSSR count). The van der Waals surface area contributed by atoms with Gasteiger partial charge in [0.15, 0.2) is 0 Å². The summed E-state index contributed by atoms with van der Waals surface area (Å²) in [4.78, 5) is 2.22. The first-order valence-corrected chi connectivity index (χ1v) is 6.39. The quantitative estimate of drug-likeness (QED) is 0.610. The lowest BCUT2D eigenvalue weighted by atomic mass is 10.1. The number of rotatable bonds is 6. The second kappa shape index (κ2) is 6.37. The van der Waals surface area contributed by atoms with Crippen molar-refractivity contribution in [3.63, 3.8) is 0 Å². The lowest BCUT2D eigenvalue weighted by molar-refractivity contribution is -0.135. The average molecular weight is 266 g/mol. The van der Waals surface area contributed by atoms with E-state index in [1.807, 2.05) is 19.1 Å². The van der Waals surface area contributed by atoms with E-state index < -0.39 is 12.6 Å². The van der Waals surface area contributed by atoms with Crippen molar-refractivity contribution >= 4 is 11.3 Å². The fraction of sp³-hybridized carbons (Fsp3) is 0.636. The third-order valence-electron chi connectivity index (χ3n) is 2.53. The summed E-state index contributed by atoms with van der Waals surface area (Å²) in [6, 6.07) is 3.75. The largest absolute Gasteiger partial charge is 0.389 e. The van der Waals surface area contributed by atoms with Crippen LogP contribution in [-0.2, 0) is 6.42 Å². The molecule has 0 aromatic carbocycles. The van der Waals surface area contributed by atoms with Crippen molar-refractivity contribution in [2.45, 2.75) is 44.8 Å². The molecule has 17 heavy (non-hydrogen) atoms. The third-order valence-corrected chi connectivity index (χ3v) is 3.87. The van der Waals surface area contributed by atoms with Crippen LogP contribution >= 0.6 is 11.3 Å². The monoisotopic (exact) mass is 266 g/mol. The minimum Gasteiger partial charge on any atom is -0.271 e. The van der Waals surface area contributed by atoms with Gasteiger partial charge in [0.25, 0.3) is 0 Å². The summed E-state index contributed by atoms with van der Waals surface area (Å²) < 4.78 is 36.1. The molecule has 1 heterocycles. The maximum absolute atomic E-state index is 12.0. The van der Waals surface area contributed by atoms with Crippen molar-refractivity contribution in [3.05, 3.63) is 21.9 Å². The molecule has 0 amide bonds. The minimum absolute atomic E-state index is 0.0950. The molecule has 0 aliphatic carbocycles. The molecule has 0 saturated carbocycles. The van der Waals surface area contributed by atoms with Crippen molar-refractivity contribution in [2.75, 3.05) is 0 Å². The normalized spacial score (nSPS) is 13.9. The molecule has 0 radical (unpaired) electrons. The number of hydrogen-bond donors (Lipinski definition) is 2. The minimum atomic E-state index is -4.08. The molecule has 1 aromatic rings. The molecular formula is C11H17F3N2S. The van der Waals surface area contributed by atoms with Crippen molar-refractivity contribution < 1.29 is 13.2 Å². The van der Waals surface area contributed by atoms with Gasteiger partial charge >= 0.3 is 6.18 Å². The summed E-state index contributed by atoms with van der Waals surface area (Å²) in [5, 5.41) is 0. The first-order valence-electron chi connectivity index (χ1n) is 5.57. The SMILES string of the molecule is CCc1ccc(C(CCCC(F)(F)F)NN)s1. The maximum Gasteiger partial charge on any atom is 0.389 e. The first-order chi connectivity index (χ1) is 7.96. The Bertz CT molecular complexity index is 336. The molecule has 2 nitrogen and oxygen atoms in total. The van der Waals surface area contributed by atoms with E-state index in [0.717, 1.165) is 11.3 Å². The van der Waals surface area contributed by atoms with Crippen LogP contribution in [0.3, 0.4) is 0 Å². The van der Waals surface area contributed by atoms with Crippen LogP contribution in [0.15, 0.2) is 12.1 Å². The van der Waals surface area contributed by atoms with Gasteiger partial charge in [-0.05, 0) is 31.4 Å². The van der Waals surface area contributed by atoms with Crippen molar-refractivity contribution in [2.24, 2.45) is 5.84 Å². The lowest BCUT2D eigenvalue weighted by Gasteiger charge is -2.14. The predicted molar refractivity (Wildman–Crippen MR) is 63.7 cm³/mol. The highest BCUT2D eigenvalue weighted by molar-refractivity contribution is 7.12. The van der Waals surface area contributed by atoms with Gasteiger partial charge in [-0.3, -0.25) is 11.3 Å². The van der Waals surface area contributed by atoms with Gasteiger partial charge in [0.2, 0.25) is 0 Å². The van der Waals surface area contributed by atoms with Gasteiger partial charge in [-0.25, -0.2) is 0 Å². The lowest BCUT2D eigenvalue weighted by Crippen LogP contribution is -2.27. The topological polar surface area (TPSA) is 38.0 Å². The van der Waals surface area contributed by atoms with Gasteiger partial charge in [-0.1, -0.05) is 6.92 Å². The van der Waals surface area contributed by atoms with E-state index in [4.69, 9.17) is 5.84 Å². The number of hydrogen-bond acceptors (Lipinski definition) is 3. The Morgan fingerprint density at radius 2 is 2.12 bits per heavy atom. The first kappa shape index (κ1) is 14.5. The van der Waals surface area contributed by atoms with Gasteiger partial charge in [-0.15, -0.1) is 11.3 Å². The van der Waals surface area contributed by atoms with Gasteiger partial charge in [0, 0.05) is 16.2 Å². The van der Waals surface area contributed by atoms with E-state index >= 15 is 0 Å². The highest BCUT2D eigenvalue weighted by Gasteiger charge is 2.26. The smallest absolute Gasteiger partial charge is 0.271 e. The molecule has 0 fully saturated rings. The van der Waals surface area contributed by atoms with Crippen molar-refractivity contribution in [3.8, 4) is 0 Å². The Labute approximate surface area is 103 Å². The molecule has 0 spiro atoms. The predicted octanol–water partition coefficient (Wildman–Crippen LogP) is 3.55. The van der Waals surface area contributed by atoms with E-state index in [9.17, 15) is 13.2 Å². The highest BCUT2D eigenvalue weighted by atomic mass is 32.1. The number of halogens is 3. The van der Waals surface area contributed by atoms with Crippen LogP contribution in [0.4, 0.5) is 13.2 Å². The van der Waals surface area contributed by atoms with Gasteiger partial charge < -0.3 is 0 Å². The molecule has 98 valence electrons. The average Bonchev–Trinajstić information content (AvgIpc) is 2.71. The maximum atomic E-state index is 12.0. The van der Waals surface area contributed by atoms with E-state index in [1.165, 1.54) is 4.88 Å². The molecule has 1 atom stereocenters. The van der Waals surface area contributed by atoms with Gasteiger partial charge in [-0.2, -0.15) is 13.2 Å². The molecular weight excluding hydrogens is 249 g/mol. The van der Waals surface area contributed by atoms with Crippen LogP contribution in [0.1, 0.15) is 42.0 Å². The summed E-state index contributed by atoms with van der Waals surface area (Å²) in [7, 11) is 0. The Balaban J connectivity index is 2.48. The standard InChI is InChI=1S/C11H17F3N2S/c1-2-8-5-6-10(17-8)9(16-15)4-3-7-11(12,13)14/h5-6,9,16H,2-4,7,15H2,1H3. The zero-order valence-electron chi connectivity index (χ0n) is 9.68.